The molecule has 3 aromatic rings. The normalized spacial score (nSPS) is 10.1. The van der Waals surface area contributed by atoms with E-state index in [2.05, 4.69) is 15.3 Å². The topological polar surface area (TPSA) is 133 Å². The Morgan fingerprint density at radius 3 is 2.40 bits per heavy atom. The molecular weight excluding hydrogens is 350 g/mol. The van der Waals surface area contributed by atoms with Crippen molar-refractivity contribution in [3.63, 3.8) is 0 Å². The van der Waals surface area contributed by atoms with Crippen molar-refractivity contribution in [1.29, 1.82) is 0 Å². The van der Waals surface area contributed by atoms with Crippen molar-refractivity contribution in [1.82, 2.24) is 9.97 Å². The lowest BCUT2D eigenvalue weighted by molar-refractivity contribution is 0.0684. The van der Waals surface area contributed by atoms with Gasteiger partial charge in [-0.2, -0.15) is 0 Å². The highest BCUT2D eigenvalue weighted by Gasteiger charge is 2.12. The molecule has 4 N–H and O–H groups in total. The summed E-state index contributed by atoms with van der Waals surface area (Å²) in [5, 5.41) is 31.1. The summed E-state index contributed by atoms with van der Waals surface area (Å²) in [7, 11) is 0. The lowest BCUT2D eigenvalue weighted by Gasteiger charge is -2.10. The quantitative estimate of drug-likeness (QED) is 0.521. The lowest BCUT2D eigenvalue weighted by Crippen LogP contribution is -2.01. The van der Waals surface area contributed by atoms with Crippen LogP contribution in [0, 0.1) is 0 Å². The third kappa shape index (κ3) is 3.59. The monoisotopic (exact) mass is 361 g/mol. The van der Waals surface area contributed by atoms with E-state index in [4.69, 9.17) is 10.2 Å². The molecule has 8 nitrogen and oxygen atoms in total. The van der Waals surface area contributed by atoms with Crippen LogP contribution in [0.3, 0.4) is 0 Å². The van der Waals surface area contributed by atoms with Crippen molar-refractivity contribution in [3.05, 3.63) is 53.9 Å². The number of nitrogens with one attached hydrogen (secondary N) is 1. The molecule has 9 heteroatoms. The molecule has 25 heavy (non-hydrogen) atoms. The minimum atomic E-state index is -1.25. The van der Waals surface area contributed by atoms with Crippen LogP contribution in [0.2, 0.25) is 0 Å². The van der Waals surface area contributed by atoms with Gasteiger partial charge in [0.25, 0.3) is 0 Å². The summed E-state index contributed by atoms with van der Waals surface area (Å²) in [6.07, 6.45) is 1.27. The number of carbonyl (C=O) groups is 2. The SMILES string of the molecule is Cl.O=C(O)c1ccc2c(Nc3ccc(O)c(C(=O)O)c3)ncnc2c1. The number of rotatable bonds is 4. The van der Waals surface area contributed by atoms with Gasteiger partial charge in [0.1, 0.15) is 23.5 Å². The van der Waals surface area contributed by atoms with Crippen LogP contribution in [0.5, 0.6) is 5.75 Å². The molecule has 0 amide bonds. The van der Waals surface area contributed by atoms with E-state index >= 15 is 0 Å². The molecule has 0 saturated heterocycles. The van der Waals surface area contributed by atoms with Crippen LogP contribution in [-0.2, 0) is 0 Å². The highest BCUT2D eigenvalue weighted by atomic mass is 35.5. The number of hydrogen-bond donors (Lipinski definition) is 4. The van der Waals surface area contributed by atoms with Crippen LogP contribution in [0.25, 0.3) is 10.9 Å². The Bertz CT molecular complexity index is 977. The van der Waals surface area contributed by atoms with E-state index in [9.17, 15) is 14.7 Å². The van der Waals surface area contributed by atoms with E-state index in [0.29, 0.717) is 22.4 Å². The Kier molecular flexibility index (Phi) is 5.04. The van der Waals surface area contributed by atoms with Gasteiger partial charge in [-0.25, -0.2) is 19.6 Å². The van der Waals surface area contributed by atoms with Crippen LogP contribution in [0.4, 0.5) is 11.5 Å². The number of phenols is 1. The maximum atomic E-state index is 11.1. The Morgan fingerprint density at radius 1 is 0.960 bits per heavy atom. The fourth-order valence-electron chi connectivity index (χ4n) is 2.21. The zero-order chi connectivity index (χ0) is 17.3. The Morgan fingerprint density at radius 2 is 1.72 bits per heavy atom. The molecule has 0 bridgehead atoms. The van der Waals surface area contributed by atoms with Gasteiger partial charge in [0.2, 0.25) is 0 Å². The number of aromatic nitrogens is 2. The van der Waals surface area contributed by atoms with Gasteiger partial charge in [0.15, 0.2) is 0 Å². The van der Waals surface area contributed by atoms with Crippen molar-refractivity contribution in [2.24, 2.45) is 0 Å². The first kappa shape index (κ1) is 18.0. The van der Waals surface area contributed by atoms with Crippen LogP contribution < -0.4 is 5.32 Å². The van der Waals surface area contributed by atoms with Crippen molar-refractivity contribution < 1.29 is 24.9 Å². The van der Waals surface area contributed by atoms with Gasteiger partial charge in [-0.1, -0.05) is 0 Å². The molecule has 2 aromatic carbocycles. The molecule has 0 aliphatic heterocycles. The predicted molar refractivity (Wildman–Crippen MR) is 92.1 cm³/mol. The van der Waals surface area contributed by atoms with Gasteiger partial charge in [0.05, 0.1) is 11.1 Å². The summed E-state index contributed by atoms with van der Waals surface area (Å²) in [6, 6.07) is 8.46. The number of anilines is 2. The van der Waals surface area contributed by atoms with Crippen LogP contribution >= 0.6 is 12.4 Å². The van der Waals surface area contributed by atoms with Crippen LogP contribution in [0.1, 0.15) is 20.7 Å². The standard InChI is InChI=1S/C16H11N3O5.ClH/c20-13-4-2-9(6-11(13)16(23)24)19-14-10-3-1-8(15(21)22)5-12(10)17-7-18-14;/h1-7,20H,(H,21,22)(H,23,24)(H,17,18,19);1H. The second-order valence-electron chi connectivity index (χ2n) is 4.92. The Labute approximate surface area is 147 Å². The number of benzene rings is 2. The summed E-state index contributed by atoms with van der Waals surface area (Å²) in [6.45, 7) is 0. The Balaban J connectivity index is 0.00000225. The first-order chi connectivity index (χ1) is 11.5. The molecule has 0 spiro atoms. The van der Waals surface area contributed by atoms with E-state index < -0.39 is 11.9 Å². The summed E-state index contributed by atoms with van der Waals surface area (Å²) in [5.41, 5.74) is 0.702. The number of aromatic hydroxyl groups is 1. The highest BCUT2D eigenvalue weighted by molar-refractivity contribution is 5.97. The maximum Gasteiger partial charge on any atom is 0.339 e. The molecule has 0 fully saturated rings. The first-order valence-corrected chi connectivity index (χ1v) is 6.77. The number of nitrogens with zero attached hydrogens (tertiary/aromatic N) is 2. The average molecular weight is 362 g/mol. The number of aromatic carboxylic acids is 2. The summed E-state index contributed by atoms with van der Waals surface area (Å²) >= 11 is 0. The second-order valence-corrected chi connectivity index (χ2v) is 4.92. The molecule has 0 aliphatic carbocycles. The molecule has 1 aromatic heterocycles. The van der Waals surface area contributed by atoms with Gasteiger partial charge >= 0.3 is 11.9 Å². The summed E-state index contributed by atoms with van der Waals surface area (Å²) in [4.78, 5) is 30.2. The van der Waals surface area contributed by atoms with Crippen molar-refractivity contribution >= 4 is 46.8 Å². The first-order valence-electron chi connectivity index (χ1n) is 6.77. The highest BCUT2D eigenvalue weighted by Crippen LogP contribution is 2.27. The number of carboxylic acids is 2. The third-order valence-corrected chi connectivity index (χ3v) is 3.37. The molecule has 3 rings (SSSR count). The molecule has 0 radical (unpaired) electrons. The second kappa shape index (κ2) is 7.02. The third-order valence-electron chi connectivity index (χ3n) is 3.37. The van der Waals surface area contributed by atoms with Crippen LogP contribution in [0.15, 0.2) is 42.7 Å². The fourth-order valence-corrected chi connectivity index (χ4v) is 2.21. The van der Waals surface area contributed by atoms with Crippen LogP contribution in [-0.4, -0.2) is 37.2 Å². The van der Waals surface area contributed by atoms with E-state index in [-0.39, 0.29) is 29.3 Å². The zero-order valence-corrected chi connectivity index (χ0v) is 13.3. The summed E-state index contributed by atoms with van der Waals surface area (Å²) < 4.78 is 0. The summed E-state index contributed by atoms with van der Waals surface area (Å²) in [5.74, 6) is -2.27. The minimum Gasteiger partial charge on any atom is -0.507 e. The van der Waals surface area contributed by atoms with Gasteiger partial charge in [-0.15, -0.1) is 12.4 Å². The molecule has 0 unspecified atom stereocenters. The smallest absolute Gasteiger partial charge is 0.339 e. The molecule has 1 heterocycles. The number of halogens is 1. The number of hydrogen-bond acceptors (Lipinski definition) is 6. The van der Waals surface area contributed by atoms with E-state index in [1.165, 1.54) is 36.7 Å². The zero-order valence-electron chi connectivity index (χ0n) is 12.5. The molecule has 0 atom stereocenters. The van der Waals surface area contributed by atoms with Gasteiger partial charge < -0.3 is 20.6 Å². The Hall–Kier alpha value is -3.39. The van der Waals surface area contributed by atoms with Crippen molar-refractivity contribution in [2.75, 3.05) is 5.32 Å². The van der Waals surface area contributed by atoms with Gasteiger partial charge in [-0.05, 0) is 36.4 Å². The fraction of sp³-hybridized carbons (Fsp3) is 0. The van der Waals surface area contributed by atoms with E-state index in [1.54, 1.807) is 6.07 Å². The number of fused-ring (bicyclic) bond motifs is 1. The molecule has 0 aliphatic rings. The molecule has 0 saturated carbocycles. The largest absolute Gasteiger partial charge is 0.507 e. The van der Waals surface area contributed by atoms with Gasteiger partial charge in [-0.3, -0.25) is 0 Å². The van der Waals surface area contributed by atoms with Gasteiger partial charge in [0, 0.05) is 11.1 Å². The maximum absolute atomic E-state index is 11.1. The average Bonchev–Trinajstić information content (AvgIpc) is 2.56. The molecular formula is C16H12ClN3O5. The van der Waals surface area contributed by atoms with E-state index in [1.807, 2.05) is 0 Å². The number of carboxylic acid groups (broad SMARTS) is 2. The van der Waals surface area contributed by atoms with Crippen molar-refractivity contribution in [2.45, 2.75) is 0 Å². The lowest BCUT2D eigenvalue weighted by atomic mass is 10.1. The van der Waals surface area contributed by atoms with E-state index in [0.717, 1.165) is 0 Å². The predicted octanol–water partition coefficient (Wildman–Crippen LogP) is 2.90. The van der Waals surface area contributed by atoms with Crippen molar-refractivity contribution in [3.8, 4) is 5.75 Å². The minimum absolute atomic E-state index is 0. The molecule has 128 valence electrons.